The Balaban J connectivity index is 1.64. The van der Waals surface area contributed by atoms with Crippen molar-refractivity contribution in [3.8, 4) is 0 Å². The minimum Gasteiger partial charge on any atom is -0.350 e. The number of carbonyl (C=O) groups excluding carboxylic acids is 1. The summed E-state index contributed by atoms with van der Waals surface area (Å²) in [6.45, 7) is 4.61. The van der Waals surface area contributed by atoms with Gasteiger partial charge in [0.05, 0.1) is 0 Å². The summed E-state index contributed by atoms with van der Waals surface area (Å²) in [7, 11) is 0. The number of carbonyl (C=O) groups is 1. The van der Waals surface area contributed by atoms with Crippen molar-refractivity contribution in [1.82, 2.24) is 15.3 Å². The fourth-order valence-electron chi connectivity index (χ4n) is 2.72. The molecule has 1 heterocycles. The number of hydrogen-bond donors (Lipinski definition) is 2. The van der Waals surface area contributed by atoms with Gasteiger partial charge >= 0.3 is 0 Å². The molecule has 0 radical (unpaired) electrons. The molecule has 3 rings (SSSR count). The third-order valence-corrected chi connectivity index (χ3v) is 4.15. The summed E-state index contributed by atoms with van der Waals surface area (Å²) >= 11 is 0. The van der Waals surface area contributed by atoms with Gasteiger partial charge in [0, 0.05) is 18.4 Å². The topological polar surface area (TPSA) is 66.9 Å². The molecule has 0 saturated carbocycles. The Morgan fingerprint density at radius 2 is 1.69 bits per heavy atom. The van der Waals surface area contributed by atoms with Crippen LogP contribution in [-0.4, -0.2) is 22.4 Å². The van der Waals surface area contributed by atoms with Crippen LogP contribution >= 0.6 is 0 Å². The summed E-state index contributed by atoms with van der Waals surface area (Å²) in [6, 6.07) is 17.7. The smallest absolute Gasteiger partial charge is 0.270 e. The molecule has 0 aliphatic rings. The fraction of sp³-hybridized carbons (Fsp3) is 0.190. The number of hydrogen-bond acceptors (Lipinski definition) is 4. The third-order valence-electron chi connectivity index (χ3n) is 4.15. The maximum Gasteiger partial charge on any atom is 0.270 e. The van der Waals surface area contributed by atoms with Crippen molar-refractivity contribution in [2.45, 2.75) is 20.3 Å². The largest absolute Gasteiger partial charge is 0.350 e. The Labute approximate surface area is 153 Å². The molecule has 5 nitrogen and oxygen atoms in total. The first-order valence-corrected chi connectivity index (χ1v) is 8.62. The van der Waals surface area contributed by atoms with Gasteiger partial charge in [0.25, 0.3) is 5.91 Å². The van der Waals surface area contributed by atoms with Gasteiger partial charge in [0.2, 0.25) is 5.95 Å². The van der Waals surface area contributed by atoms with Crippen LogP contribution in [0.3, 0.4) is 0 Å². The number of aromatic nitrogens is 2. The van der Waals surface area contributed by atoms with E-state index in [0.717, 1.165) is 23.2 Å². The maximum absolute atomic E-state index is 12.3. The summed E-state index contributed by atoms with van der Waals surface area (Å²) in [5, 5.41) is 6.12. The number of nitrogens with one attached hydrogen (secondary N) is 2. The molecule has 132 valence electrons. The molecular formula is C21H22N4O. The lowest BCUT2D eigenvalue weighted by atomic mass is 10.1. The first-order valence-electron chi connectivity index (χ1n) is 8.62. The summed E-state index contributed by atoms with van der Waals surface area (Å²) in [4.78, 5) is 20.9. The van der Waals surface area contributed by atoms with E-state index in [-0.39, 0.29) is 5.91 Å². The molecule has 1 amide bonds. The van der Waals surface area contributed by atoms with Crippen molar-refractivity contribution in [2.75, 3.05) is 11.9 Å². The van der Waals surface area contributed by atoms with Crippen LogP contribution in [0, 0.1) is 13.8 Å². The van der Waals surface area contributed by atoms with E-state index >= 15 is 0 Å². The number of rotatable bonds is 6. The Kier molecular flexibility index (Phi) is 5.59. The van der Waals surface area contributed by atoms with Crippen LogP contribution in [0.2, 0.25) is 0 Å². The molecule has 2 aromatic carbocycles. The van der Waals surface area contributed by atoms with Gasteiger partial charge in [0.15, 0.2) is 0 Å². The summed E-state index contributed by atoms with van der Waals surface area (Å²) in [5.74, 6) is 0.214. The molecule has 2 N–H and O–H groups in total. The lowest BCUT2D eigenvalue weighted by molar-refractivity contribution is 0.0949. The van der Waals surface area contributed by atoms with E-state index in [1.165, 1.54) is 5.56 Å². The predicted molar refractivity (Wildman–Crippen MR) is 104 cm³/mol. The second-order valence-electron chi connectivity index (χ2n) is 6.15. The van der Waals surface area contributed by atoms with Crippen LogP contribution in [0.1, 0.15) is 27.2 Å². The number of benzene rings is 2. The number of para-hydroxylation sites is 1. The van der Waals surface area contributed by atoms with Gasteiger partial charge in [-0.3, -0.25) is 4.79 Å². The number of anilines is 2. The highest BCUT2D eigenvalue weighted by molar-refractivity contribution is 5.92. The lowest BCUT2D eigenvalue weighted by Gasteiger charge is -2.12. The average molecular weight is 346 g/mol. The van der Waals surface area contributed by atoms with Gasteiger partial charge in [-0.25, -0.2) is 9.97 Å². The van der Waals surface area contributed by atoms with Crippen molar-refractivity contribution in [3.63, 3.8) is 0 Å². The monoisotopic (exact) mass is 346 g/mol. The van der Waals surface area contributed by atoms with Gasteiger partial charge in [-0.05, 0) is 43.0 Å². The quantitative estimate of drug-likeness (QED) is 0.712. The minimum absolute atomic E-state index is 0.201. The van der Waals surface area contributed by atoms with Crippen molar-refractivity contribution in [3.05, 3.63) is 83.2 Å². The molecule has 0 fully saturated rings. The molecule has 0 unspecified atom stereocenters. The number of aryl methyl sites for hydroxylation is 2. The van der Waals surface area contributed by atoms with E-state index in [0.29, 0.717) is 18.2 Å². The first-order chi connectivity index (χ1) is 12.6. The van der Waals surface area contributed by atoms with Crippen molar-refractivity contribution < 1.29 is 4.79 Å². The van der Waals surface area contributed by atoms with Crippen molar-refractivity contribution in [2.24, 2.45) is 0 Å². The zero-order valence-electron chi connectivity index (χ0n) is 15.0. The van der Waals surface area contributed by atoms with Gasteiger partial charge in [-0.2, -0.15) is 0 Å². The normalized spacial score (nSPS) is 10.4. The summed E-state index contributed by atoms with van der Waals surface area (Å²) in [5.41, 5.74) is 4.71. The predicted octanol–water partition coefficient (Wildman–Crippen LogP) is 3.81. The SMILES string of the molecule is Cc1cccc(C)c1Nc1nccc(C(=O)NCCc2ccccc2)n1. The summed E-state index contributed by atoms with van der Waals surface area (Å²) in [6.07, 6.45) is 2.38. The Morgan fingerprint density at radius 1 is 0.962 bits per heavy atom. The minimum atomic E-state index is -0.201. The Morgan fingerprint density at radius 3 is 2.42 bits per heavy atom. The Hall–Kier alpha value is -3.21. The molecule has 26 heavy (non-hydrogen) atoms. The van der Waals surface area contributed by atoms with Crippen LogP contribution in [0.4, 0.5) is 11.6 Å². The van der Waals surface area contributed by atoms with E-state index in [9.17, 15) is 4.79 Å². The summed E-state index contributed by atoms with van der Waals surface area (Å²) < 4.78 is 0. The molecular weight excluding hydrogens is 324 g/mol. The molecule has 0 atom stereocenters. The highest BCUT2D eigenvalue weighted by Gasteiger charge is 2.10. The second-order valence-corrected chi connectivity index (χ2v) is 6.15. The maximum atomic E-state index is 12.3. The third kappa shape index (κ3) is 4.45. The lowest BCUT2D eigenvalue weighted by Crippen LogP contribution is -2.26. The molecule has 0 bridgehead atoms. The van der Waals surface area contributed by atoms with Gasteiger partial charge in [0.1, 0.15) is 5.69 Å². The highest BCUT2D eigenvalue weighted by Crippen LogP contribution is 2.22. The van der Waals surface area contributed by atoms with Crippen molar-refractivity contribution in [1.29, 1.82) is 0 Å². The van der Waals surface area contributed by atoms with E-state index in [4.69, 9.17) is 0 Å². The second kappa shape index (κ2) is 8.25. The molecule has 5 heteroatoms. The standard InChI is InChI=1S/C21H22N4O/c1-15-7-6-8-16(2)19(15)25-21-23-14-12-18(24-21)20(26)22-13-11-17-9-4-3-5-10-17/h3-10,12,14H,11,13H2,1-2H3,(H,22,26)(H,23,24,25). The van der Waals surface area contributed by atoms with E-state index in [2.05, 4.69) is 20.6 Å². The molecule has 0 aliphatic heterocycles. The highest BCUT2D eigenvalue weighted by atomic mass is 16.1. The molecule has 0 aliphatic carbocycles. The molecule has 3 aromatic rings. The van der Waals surface area contributed by atoms with E-state index in [1.54, 1.807) is 12.3 Å². The number of nitrogens with zero attached hydrogens (tertiary/aromatic N) is 2. The van der Waals surface area contributed by atoms with Crippen LogP contribution in [0.15, 0.2) is 60.8 Å². The molecule has 0 saturated heterocycles. The number of amides is 1. The van der Waals surface area contributed by atoms with Crippen LogP contribution in [0.5, 0.6) is 0 Å². The molecule has 1 aromatic heterocycles. The average Bonchev–Trinajstić information content (AvgIpc) is 2.66. The van der Waals surface area contributed by atoms with Crippen molar-refractivity contribution >= 4 is 17.5 Å². The van der Waals surface area contributed by atoms with Crippen LogP contribution < -0.4 is 10.6 Å². The van der Waals surface area contributed by atoms with Gasteiger partial charge in [-0.15, -0.1) is 0 Å². The molecule has 0 spiro atoms. The van der Waals surface area contributed by atoms with Gasteiger partial charge < -0.3 is 10.6 Å². The van der Waals surface area contributed by atoms with E-state index < -0.39 is 0 Å². The van der Waals surface area contributed by atoms with E-state index in [1.807, 2.05) is 62.4 Å². The zero-order chi connectivity index (χ0) is 18.4. The Bertz CT molecular complexity index is 873. The fourth-order valence-corrected chi connectivity index (χ4v) is 2.72. The zero-order valence-corrected chi connectivity index (χ0v) is 15.0. The van der Waals surface area contributed by atoms with Gasteiger partial charge in [-0.1, -0.05) is 48.5 Å². The van der Waals surface area contributed by atoms with Crippen LogP contribution in [-0.2, 0) is 6.42 Å². The van der Waals surface area contributed by atoms with Crippen LogP contribution in [0.25, 0.3) is 0 Å². The first kappa shape index (κ1) is 17.6.